The van der Waals surface area contributed by atoms with Crippen LogP contribution in [0.4, 0.5) is 0 Å². The van der Waals surface area contributed by atoms with Gasteiger partial charge in [0, 0.05) is 6.42 Å². The van der Waals surface area contributed by atoms with Gasteiger partial charge in [0.05, 0.1) is 19.6 Å². The Morgan fingerprint density at radius 3 is 2.50 bits per heavy atom. The van der Waals surface area contributed by atoms with Gasteiger partial charge in [0.1, 0.15) is 0 Å². The molecule has 0 aliphatic rings. The topological polar surface area (TPSA) is 35.5 Å². The molecule has 3 nitrogen and oxygen atoms in total. The molecular weight excluding hydrogens is 276 g/mol. The number of ether oxygens (including phenoxy) is 2. The number of methoxy groups -OCH3 is 1. The molecule has 0 heterocycles. The number of hydrogen-bond acceptors (Lipinski definition) is 3. The Kier molecular flexibility index (Phi) is 15.9. The predicted molar refractivity (Wildman–Crippen MR) is 92.3 cm³/mol. The second-order valence-corrected chi connectivity index (χ2v) is 4.91. The Labute approximate surface area is 135 Å². The maximum absolute atomic E-state index is 10.9. The lowest BCUT2D eigenvalue weighted by Gasteiger charge is -1.99. The molecule has 0 amide bonds. The van der Waals surface area contributed by atoms with E-state index in [1.807, 2.05) is 18.2 Å². The molecule has 124 valence electrons. The maximum Gasteiger partial charge on any atom is 0.305 e. The Morgan fingerprint density at radius 1 is 0.909 bits per heavy atom. The van der Waals surface area contributed by atoms with Gasteiger partial charge >= 0.3 is 5.97 Å². The fraction of sp³-hybridized carbons (Fsp3) is 0.526. The summed E-state index contributed by atoms with van der Waals surface area (Å²) < 4.78 is 9.84. The van der Waals surface area contributed by atoms with Crippen LogP contribution in [-0.4, -0.2) is 13.1 Å². The van der Waals surface area contributed by atoms with Gasteiger partial charge in [-0.25, -0.2) is 0 Å². The van der Waals surface area contributed by atoms with Crippen LogP contribution < -0.4 is 0 Å². The zero-order valence-electron chi connectivity index (χ0n) is 14.0. The standard InChI is InChI=1S/C19H30O3/c1-3-4-5-6-8-11-14-17-22-18-15-12-9-7-10-13-16-19(20)21-2/h4-5,8,11,14-15,17-18H,3,6-7,9-10,12-13,16H2,1-2H3/b5-4-,11-8-,17-14+,18-15+. The first-order chi connectivity index (χ1) is 10.8. The molecular formula is C19H30O3. The van der Waals surface area contributed by atoms with E-state index in [0.29, 0.717) is 6.42 Å². The first kappa shape index (κ1) is 20.2. The van der Waals surface area contributed by atoms with Crippen LogP contribution in [0.1, 0.15) is 58.3 Å². The Morgan fingerprint density at radius 2 is 1.73 bits per heavy atom. The highest BCUT2D eigenvalue weighted by Crippen LogP contribution is 2.06. The molecule has 0 aromatic carbocycles. The fourth-order valence-electron chi connectivity index (χ4n) is 1.75. The van der Waals surface area contributed by atoms with Crippen LogP contribution in [0.5, 0.6) is 0 Å². The maximum atomic E-state index is 10.9. The van der Waals surface area contributed by atoms with Crippen molar-refractivity contribution in [2.75, 3.05) is 7.11 Å². The summed E-state index contributed by atoms with van der Waals surface area (Å²) in [6, 6.07) is 0. The first-order valence-electron chi connectivity index (χ1n) is 8.15. The van der Waals surface area contributed by atoms with Crippen molar-refractivity contribution in [3.8, 4) is 0 Å². The van der Waals surface area contributed by atoms with Crippen LogP contribution in [0.3, 0.4) is 0 Å². The Bertz CT molecular complexity index is 365. The summed E-state index contributed by atoms with van der Waals surface area (Å²) in [6.07, 6.45) is 23.5. The summed E-state index contributed by atoms with van der Waals surface area (Å²) in [7, 11) is 1.43. The van der Waals surface area contributed by atoms with Crippen LogP contribution >= 0.6 is 0 Å². The molecule has 0 saturated heterocycles. The van der Waals surface area contributed by atoms with Crippen LogP contribution in [-0.2, 0) is 14.3 Å². The van der Waals surface area contributed by atoms with Crippen molar-refractivity contribution in [1.29, 1.82) is 0 Å². The normalized spacial score (nSPS) is 12.1. The predicted octanol–water partition coefficient (Wildman–Crippen LogP) is 5.46. The molecule has 0 N–H and O–H groups in total. The number of esters is 1. The molecule has 0 aromatic heterocycles. The third-order valence-corrected chi connectivity index (χ3v) is 2.98. The molecule has 0 unspecified atom stereocenters. The van der Waals surface area contributed by atoms with Crippen LogP contribution in [0.2, 0.25) is 0 Å². The van der Waals surface area contributed by atoms with E-state index in [1.54, 1.807) is 12.5 Å². The summed E-state index contributed by atoms with van der Waals surface area (Å²) in [5, 5.41) is 0. The van der Waals surface area contributed by atoms with Gasteiger partial charge in [0.15, 0.2) is 0 Å². The molecule has 0 aromatic rings. The highest BCUT2D eigenvalue weighted by molar-refractivity contribution is 5.68. The lowest BCUT2D eigenvalue weighted by Crippen LogP contribution is -1.98. The van der Waals surface area contributed by atoms with Crippen molar-refractivity contribution >= 4 is 5.97 Å². The number of allylic oxidation sites excluding steroid dienone is 6. The second kappa shape index (κ2) is 17.3. The average molecular weight is 306 g/mol. The van der Waals surface area contributed by atoms with E-state index >= 15 is 0 Å². The molecule has 0 aliphatic carbocycles. The number of carbonyl (C=O) groups is 1. The van der Waals surface area contributed by atoms with Gasteiger partial charge in [-0.2, -0.15) is 0 Å². The average Bonchev–Trinajstić information content (AvgIpc) is 2.54. The third-order valence-electron chi connectivity index (χ3n) is 2.98. The van der Waals surface area contributed by atoms with Crippen molar-refractivity contribution < 1.29 is 14.3 Å². The van der Waals surface area contributed by atoms with Crippen LogP contribution in [0.25, 0.3) is 0 Å². The molecule has 0 fully saturated rings. The molecule has 0 saturated carbocycles. The molecule has 0 aliphatic heterocycles. The summed E-state index contributed by atoms with van der Waals surface area (Å²) in [6.45, 7) is 2.13. The minimum absolute atomic E-state index is 0.115. The summed E-state index contributed by atoms with van der Waals surface area (Å²) >= 11 is 0. The van der Waals surface area contributed by atoms with E-state index in [2.05, 4.69) is 29.9 Å². The van der Waals surface area contributed by atoms with Gasteiger partial charge in [-0.1, -0.05) is 44.1 Å². The SMILES string of the molecule is CC/C=C\C/C=C\C=C\O/C=C/CCCCCCC(=O)OC. The highest BCUT2D eigenvalue weighted by atomic mass is 16.5. The van der Waals surface area contributed by atoms with E-state index in [9.17, 15) is 4.79 Å². The van der Waals surface area contributed by atoms with Gasteiger partial charge < -0.3 is 9.47 Å². The smallest absolute Gasteiger partial charge is 0.305 e. The first-order valence-corrected chi connectivity index (χ1v) is 8.15. The van der Waals surface area contributed by atoms with E-state index in [4.69, 9.17) is 4.74 Å². The summed E-state index contributed by atoms with van der Waals surface area (Å²) in [5.41, 5.74) is 0. The zero-order valence-corrected chi connectivity index (χ0v) is 14.0. The molecule has 3 heteroatoms. The quantitative estimate of drug-likeness (QED) is 0.149. The lowest BCUT2D eigenvalue weighted by molar-refractivity contribution is -0.140. The molecule has 0 bridgehead atoms. The van der Waals surface area contributed by atoms with Crippen LogP contribution in [0.15, 0.2) is 49.0 Å². The van der Waals surface area contributed by atoms with Gasteiger partial charge in [0.25, 0.3) is 0 Å². The number of carbonyl (C=O) groups excluding carboxylic acids is 1. The highest BCUT2D eigenvalue weighted by Gasteiger charge is 1.98. The third kappa shape index (κ3) is 16.3. The van der Waals surface area contributed by atoms with E-state index in [0.717, 1.165) is 44.9 Å². The molecule has 0 spiro atoms. The van der Waals surface area contributed by atoms with Gasteiger partial charge in [0.2, 0.25) is 0 Å². The fourth-order valence-corrected chi connectivity index (χ4v) is 1.75. The summed E-state index contributed by atoms with van der Waals surface area (Å²) in [5.74, 6) is -0.115. The Balaban J connectivity index is 3.37. The van der Waals surface area contributed by atoms with Crippen molar-refractivity contribution in [3.63, 3.8) is 0 Å². The van der Waals surface area contributed by atoms with Gasteiger partial charge in [-0.15, -0.1) is 0 Å². The van der Waals surface area contributed by atoms with Crippen molar-refractivity contribution in [3.05, 3.63) is 49.0 Å². The molecule has 0 rings (SSSR count). The molecule has 0 atom stereocenters. The monoisotopic (exact) mass is 306 g/mol. The van der Waals surface area contributed by atoms with E-state index in [1.165, 1.54) is 7.11 Å². The lowest BCUT2D eigenvalue weighted by atomic mass is 10.1. The van der Waals surface area contributed by atoms with Crippen LogP contribution in [0, 0.1) is 0 Å². The van der Waals surface area contributed by atoms with Crippen molar-refractivity contribution in [2.45, 2.75) is 58.3 Å². The van der Waals surface area contributed by atoms with Crippen molar-refractivity contribution in [2.24, 2.45) is 0 Å². The van der Waals surface area contributed by atoms with Gasteiger partial charge in [-0.3, -0.25) is 4.79 Å². The number of hydrogen-bond donors (Lipinski definition) is 0. The Hall–Kier alpha value is -1.77. The van der Waals surface area contributed by atoms with E-state index in [-0.39, 0.29) is 5.97 Å². The zero-order chi connectivity index (χ0) is 16.3. The van der Waals surface area contributed by atoms with Crippen molar-refractivity contribution in [1.82, 2.24) is 0 Å². The van der Waals surface area contributed by atoms with E-state index < -0.39 is 0 Å². The largest absolute Gasteiger partial charge is 0.473 e. The molecule has 0 radical (unpaired) electrons. The number of unbranched alkanes of at least 4 members (excludes halogenated alkanes) is 4. The minimum Gasteiger partial charge on any atom is -0.473 e. The summed E-state index contributed by atoms with van der Waals surface area (Å²) in [4.78, 5) is 10.9. The van der Waals surface area contributed by atoms with Gasteiger partial charge in [-0.05, 0) is 44.3 Å². The molecule has 22 heavy (non-hydrogen) atoms. The second-order valence-electron chi connectivity index (χ2n) is 4.91. The minimum atomic E-state index is -0.115. The number of rotatable bonds is 13.